The number of esters is 1. The molecule has 0 saturated carbocycles. The summed E-state index contributed by atoms with van der Waals surface area (Å²) in [4.78, 5) is 24.7. The molecule has 8 heteroatoms. The van der Waals surface area contributed by atoms with Crippen LogP contribution >= 0.6 is 0 Å². The first-order chi connectivity index (χ1) is 13.4. The molecule has 6 nitrogen and oxygen atoms in total. The summed E-state index contributed by atoms with van der Waals surface area (Å²) in [6.07, 6.45) is -1.06. The molecule has 156 valence electrons. The predicted octanol–water partition coefficient (Wildman–Crippen LogP) is 3.19. The first-order valence-electron chi connectivity index (χ1n) is 8.97. The Labute approximate surface area is 170 Å². The molecule has 0 aromatic heterocycles. The second-order valence-electron chi connectivity index (χ2n) is 6.96. The molecule has 2 aromatic carbocycles. The van der Waals surface area contributed by atoms with Crippen molar-refractivity contribution >= 4 is 21.8 Å². The zero-order valence-electron chi connectivity index (χ0n) is 17.0. The lowest BCUT2D eigenvalue weighted by atomic mass is 9.96. The Kier molecular flexibility index (Phi) is 6.92. The number of halogens is 1. The Bertz CT molecular complexity index is 1030. The topological polar surface area (TPSA) is 80.8 Å². The zero-order valence-corrected chi connectivity index (χ0v) is 17.8. The van der Waals surface area contributed by atoms with E-state index in [1.807, 2.05) is 19.9 Å². The van der Waals surface area contributed by atoms with E-state index in [1.54, 1.807) is 13.0 Å². The highest BCUT2D eigenvalue weighted by Gasteiger charge is 2.26. The summed E-state index contributed by atoms with van der Waals surface area (Å²) in [6.45, 7) is 6.50. The molecule has 0 aliphatic rings. The van der Waals surface area contributed by atoms with Gasteiger partial charge >= 0.3 is 5.97 Å². The fourth-order valence-electron chi connectivity index (χ4n) is 2.79. The Morgan fingerprint density at radius 2 is 1.59 bits per heavy atom. The maximum absolute atomic E-state index is 13.0. The molecular weight excluding hydrogens is 397 g/mol. The third kappa shape index (κ3) is 5.27. The summed E-state index contributed by atoms with van der Waals surface area (Å²) in [5, 5.41) is 0. The van der Waals surface area contributed by atoms with Crippen LogP contribution in [0.25, 0.3) is 0 Å². The standard InChI is InChI=1S/C21H24FNO5S/c1-13-10-15(3)19(11-14(13)2)21(25)16(4)28-20(24)12-23(5)29(26,27)18-8-6-17(22)7-9-18/h6-11,16H,12H2,1-5H3/t16-/m1/s1. The van der Waals surface area contributed by atoms with Gasteiger partial charge in [0.05, 0.1) is 4.90 Å². The largest absolute Gasteiger partial charge is 0.453 e. The average Bonchev–Trinajstić information content (AvgIpc) is 2.64. The summed E-state index contributed by atoms with van der Waals surface area (Å²) < 4.78 is 43.9. The highest BCUT2D eigenvalue weighted by atomic mass is 32.2. The second kappa shape index (κ2) is 8.84. The zero-order chi connectivity index (χ0) is 21.9. The number of hydrogen-bond donors (Lipinski definition) is 0. The number of aryl methyl sites for hydroxylation is 3. The average molecular weight is 421 g/mol. The Hall–Kier alpha value is -2.58. The number of Topliss-reactive ketones (excluding diaryl/α,β-unsaturated/α-hetero) is 1. The van der Waals surface area contributed by atoms with Gasteiger partial charge in [-0.2, -0.15) is 4.31 Å². The lowest BCUT2D eigenvalue weighted by molar-refractivity contribution is -0.146. The molecule has 0 bridgehead atoms. The summed E-state index contributed by atoms with van der Waals surface area (Å²) in [5.74, 6) is -1.79. The van der Waals surface area contributed by atoms with E-state index in [4.69, 9.17) is 4.74 Å². The van der Waals surface area contributed by atoms with Crippen LogP contribution < -0.4 is 0 Å². The quantitative estimate of drug-likeness (QED) is 0.507. The number of sulfonamides is 1. The first kappa shape index (κ1) is 22.7. The molecule has 0 saturated heterocycles. The van der Waals surface area contributed by atoms with Crippen LogP contribution in [0.3, 0.4) is 0 Å². The number of rotatable bonds is 7. The van der Waals surface area contributed by atoms with Gasteiger partial charge in [0.25, 0.3) is 0 Å². The molecule has 29 heavy (non-hydrogen) atoms. The Morgan fingerprint density at radius 3 is 2.17 bits per heavy atom. The fourth-order valence-corrected chi connectivity index (χ4v) is 3.90. The Morgan fingerprint density at radius 1 is 1.03 bits per heavy atom. The van der Waals surface area contributed by atoms with E-state index in [0.717, 1.165) is 45.3 Å². The number of nitrogens with zero attached hydrogens (tertiary/aromatic N) is 1. The van der Waals surface area contributed by atoms with Crippen molar-refractivity contribution in [2.24, 2.45) is 0 Å². The van der Waals surface area contributed by atoms with Crippen molar-refractivity contribution in [2.75, 3.05) is 13.6 Å². The number of carbonyl (C=O) groups excluding carboxylic acids is 2. The minimum Gasteiger partial charge on any atom is -0.453 e. The van der Waals surface area contributed by atoms with Gasteiger partial charge in [-0.3, -0.25) is 9.59 Å². The van der Waals surface area contributed by atoms with Crippen LogP contribution in [0.4, 0.5) is 4.39 Å². The highest BCUT2D eigenvalue weighted by Crippen LogP contribution is 2.19. The van der Waals surface area contributed by atoms with E-state index in [0.29, 0.717) is 5.56 Å². The van der Waals surface area contributed by atoms with Crippen LogP contribution in [0.1, 0.15) is 34.0 Å². The maximum atomic E-state index is 13.0. The van der Waals surface area contributed by atoms with Crippen LogP contribution in [-0.4, -0.2) is 44.2 Å². The predicted molar refractivity (Wildman–Crippen MR) is 107 cm³/mol. The summed E-state index contributed by atoms with van der Waals surface area (Å²) in [5.41, 5.74) is 3.23. The third-order valence-corrected chi connectivity index (χ3v) is 6.47. The van der Waals surface area contributed by atoms with Gasteiger partial charge in [-0.05, 0) is 74.7 Å². The van der Waals surface area contributed by atoms with Crippen molar-refractivity contribution in [3.05, 3.63) is 64.5 Å². The number of likely N-dealkylation sites (N-methyl/N-ethyl adjacent to an activating group) is 1. The molecule has 0 heterocycles. The van der Waals surface area contributed by atoms with Crippen molar-refractivity contribution in [2.45, 2.75) is 38.7 Å². The van der Waals surface area contributed by atoms with Gasteiger partial charge in [-0.25, -0.2) is 12.8 Å². The molecule has 0 aliphatic heterocycles. The number of ketones is 1. The van der Waals surface area contributed by atoms with Crippen LogP contribution in [0.2, 0.25) is 0 Å². The van der Waals surface area contributed by atoms with Gasteiger partial charge in [0.15, 0.2) is 6.10 Å². The molecule has 2 aromatic rings. The molecular formula is C21H24FNO5S. The third-order valence-electron chi connectivity index (χ3n) is 4.66. The van der Waals surface area contributed by atoms with E-state index < -0.39 is 34.5 Å². The van der Waals surface area contributed by atoms with E-state index >= 15 is 0 Å². The summed E-state index contributed by atoms with van der Waals surface area (Å²) >= 11 is 0. The van der Waals surface area contributed by atoms with Crippen LogP contribution in [0.15, 0.2) is 41.3 Å². The number of hydrogen-bond acceptors (Lipinski definition) is 5. The summed E-state index contributed by atoms with van der Waals surface area (Å²) in [6, 6.07) is 7.91. The normalized spacial score (nSPS) is 12.7. The number of ether oxygens (including phenoxy) is 1. The molecule has 2 rings (SSSR count). The van der Waals surface area contributed by atoms with Crippen molar-refractivity contribution < 1.29 is 27.1 Å². The number of benzene rings is 2. The van der Waals surface area contributed by atoms with Crippen LogP contribution in [-0.2, 0) is 19.6 Å². The van der Waals surface area contributed by atoms with Crippen molar-refractivity contribution in [3.63, 3.8) is 0 Å². The summed E-state index contributed by atoms with van der Waals surface area (Å²) in [7, 11) is -2.79. The number of carbonyl (C=O) groups is 2. The minimum atomic E-state index is -4.00. The fraction of sp³-hybridized carbons (Fsp3) is 0.333. The SMILES string of the molecule is Cc1cc(C)c(C(=O)[C@@H](C)OC(=O)CN(C)S(=O)(=O)c2ccc(F)cc2)cc1C. The van der Waals surface area contributed by atoms with Crippen molar-refractivity contribution in [3.8, 4) is 0 Å². The maximum Gasteiger partial charge on any atom is 0.322 e. The molecule has 0 amide bonds. The highest BCUT2D eigenvalue weighted by molar-refractivity contribution is 7.89. The molecule has 1 atom stereocenters. The van der Waals surface area contributed by atoms with E-state index in [2.05, 4.69) is 0 Å². The van der Waals surface area contributed by atoms with E-state index in [1.165, 1.54) is 14.0 Å². The monoisotopic (exact) mass is 421 g/mol. The van der Waals surface area contributed by atoms with Gasteiger partial charge in [-0.1, -0.05) is 6.07 Å². The van der Waals surface area contributed by atoms with Crippen LogP contribution in [0.5, 0.6) is 0 Å². The molecule has 0 spiro atoms. The van der Waals surface area contributed by atoms with Crippen molar-refractivity contribution in [1.82, 2.24) is 4.31 Å². The molecule has 0 unspecified atom stereocenters. The van der Waals surface area contributed by atoms with Gasteiger partial charge in [-0.15, -0.1) is 0 Å². The van der Waals surface area contributed by atoms with Gasteiger partial charge in [0.2, 0.25) is 15.8 Å². The lowest BCUT2D eigenvalue weighted by Gasteiger charge is -2.19. The van der Waals surface area contributed by atoms with Crippen molar-refractivity contribution in [1.29, 1.82) is 0 Å². The second-order valence-corrected chi connectivity index (χ2v) is 9.01. The molecule has 0 radical (unpaired) electrons. The Balaban J connectivity index is 2.07. The van der Waals surface area contributed by atoms with Crippen LogP contribution in [0, 0.1) is 26.6 Å². The molecule has 0 fully saturated rings. The molecule has 0 aliphatic carbocycles. The molecule has 0 N–H and O–H groups in total. The van der Waals surface area contributed by atoms with Gasteiger partial charge < -0.3 is 4.74 Å². The lowest BCUT2D eigenvalue weighted by Crippen LogP contribution is -2.35. The van der Waals surface area contributed by atoms with E-state index in [9.17, 15) is 22.4 Å². The van der Waals surface area contributed by atoms with E-state index in [-0.39, 0.29) is 10.7 Å². The van der Waals surface area contributed by atoms with Gasteiger partial charge in [0.1, 0.15) is 12.4 Å². The minimum absolute atomic E-state index is 0.149. The first-order valence-corrected chi connectivity index (χ1v) is 10.4. The smallest absolute Gasteiger partial charge is 0.322 e. The van der Waals surface area contributed by atoms with Gasteiger partial charge in [0, 0.05) is 12.6 Å².